The van der Waals surface area contributed by atoms with Crippen molar-refractivity contribution < 1.29 is 24.5 Å². The van der Waals surface area contributed by atoms with Crippen molar-refractivity contribution in [3.63, 3.8) is 0 Å². The number of carbonyl (C=O) groups is 1. The lowest BCUT2D eigenvalue weighted by Gasteiger charge is -2.26. The molecule has 0 bridgehead atoms. The molecule has 4 rings (SSSR count). The number of nitriles is 1. The van der Waals surface area contributed by atoms with Gasteiger partial charge in [0, 0.05) is 35.8 Å². The molecule has 0 spiro atoms. The minimum atomic E-state index is -2.33. The quantitative estimate of drug-likeness (QED) is 0.273. The minimum Gasteiger partial charge on any atom is -0.462 e. The van der Waals surface area contributed by atoms with Crippen molar-refractivity contribution >= 4 is 16.9 Å². The van der Waals surface area contributed by atoms with Gasteiger partial charge in [-0.1, -0.05) is 18.2 Å². The van der Waals surface area contributed by atoms with Gasteiger partial charge in [-0.3, -0.25) is 19.1 Å². The van der Waals surface area contributed by atoms with Crippen LogP contribution in [0.15, 0.2) is 52.3 Å². The Hall–Kier alpha value is -3.76. The van der Waals surface area contributed by atoms with Crippen LogP contribution in [0.5, 0.6) is 0 Å². The third-order valence-corrected chi connectivity index (χ3v) is 5.59. The molecule has 0 saturated carbocycles. The molecule has 6 N–H and O–H groups in total. The molecule has 0 amide bonds. The van der Waals surface area contributed by atoms with Gasteiger partial charge in [0.05, 0.1) is 0 Å². The van der Waals surface area contributed by atoms with Crippen molar-refractivity contribution in [1.29, 1.82) is 5.26 Å². The second kappa shape index (κ2) is 8.64. The zero-order chi connectivity index (χ0) is 23.8. The molecule has 12 heteroatoms. The number of nitrogens with two attached hydrogens (primary N) is 1. The van der Waals surface area contributed by atoms with Crippen molar-refractivity contribution in [2.24, 2.45) is 5.73 Å². The van der Waals surface area contributed by atoms with Gasteiger partial charge in [0.15, 0.2) is 0 Å². The Balaban J connectivity index is 1.44. The van der Waals surface area contributed by atoms with E-state index >= 15 is 0 Å². The summed E-state index contributed by atoms with van der Waals surface area (Å²) in [7, 11) is 0. The molecule has 33 heavy (non-hydrogen) atoms. The molecule has 2 aromatic heterocycles. The molecule has 5 atom stereocenters. The van der Waals surface area contributed by atoms with E-state index in [1.54, 1.807) is 12.3 Å². The number of nitrogens with one attached hydrogen (secondary N) is 2. The van der Waals surface area contributed by atoms with Crippen molar-refractivity contribution in [1.82, 2.24) is 14.5 Å². The maximum absolute atomic E-state index is 12.4. The number of aliphatic hydroxyl groups excluding tert-OH is 2. The van der Waals surface area contributed by atoms with E-state index in [1.165, 1.54) is 0 Å². The summed E-state index contributed by atoms with van der Waals surface area (Å²) in [5.74, 6) is -0.777. The Bertz CT molecular complexity index is 1340. The van der Waals surface area contributed by atoms with Crippen molar-refractivity contribution in [2.45, 2.75) is 36.5 Å². The van der Waals surface area contributed by atoms with E-state index in [-0.39, 0.29) is 6.42 Å². The molecule has 1 aliphatic heterocycles. The molecular formula is C21H21N5O7. The van der Waals surface area contributed by atoms with E-state index < -0.39 is 53.9 Å². The molecule has 1 fully saturated rings. The predicted octanol–water partition coefficient (Wildman–Crippen LogP) is -1.57. The van der Waals surface area contributed by atoms with Crippen molar-refractivity contribution in [2.75, 3.05) is 6.61 Å². The molecule has 1 aliphatic rings. The van der Waals surface area contributed by atoms with Gasteiger partial charge in [-0.2, -0.15) is 5.26 Å². The summed E-state index contributed by atoms with van der Waals surface area (Å²) in [4.78, 5) is 40.9. The smallest absolute Gasteiger partial charge is 0.331 e. The summed E-state index contributed by atoms with van der Waals surface area (Å²) in [6.07, 6.45) is -1.96. The van der Waals surface area contributed by atoms with E-state index in [2.05, 4.69) is 4.98 Å². The summed E-state index contributed by atoms with van der Waals surface area (Å²) in [6, 6.07) is 9.12. The molecule has 12 nitrogen and oxygen atoms in total. The summed E-state index contributed by atoms with van der Waals surface area (Å²) in [6.45, 7) is -0.528. The number of nitrogens with zero attached hydrogens (tertiary/aromatic N) is 2. The summed E-state index contributed by atoms with van der Waals surface area (Å²) in [5, 5.41) is 31.4. The number of para-hydroxylation sites is 1. The van der Waals surface area contributed by atoms with Gasteiger partial charge >= 0.3 is 11.7 Å². The first-order chi connectivity index (χ1) is 15.8. The number of aromatic amines is 2. The normalized spacial score (nSPS) is 25.6. The first kappa shape index (κ1) is 22.4. The number of hydrogen-bond donors (Lipinski definition) is 5. The molecule has 0 radical (unpaired) electrons. The number of benzene rings is 1. The van der Waals surface area contributed by atoms with E-state index in [4.69, 9.17) is 15.2 Å². The lowest BCUT2D eigenvalue weighted by molar-refractivity contribution is -0.155. The average Bonchev–Trinajstić information content (AvgIpc) is 3.32. The highest BCUT2D eigenvalue weighted by atomic mass is 16.6. The molecule has 0 aliphatic carbocycles. The Morgan fingerprint density at radius 1 is 1.33 bits per heavy atom. The number of H-pyrrole nitrogens is 2. The first-order valence-corrected chi connectivity index (χ1v) is 10.0. The average molecular weight is 455 g/mol. The van der Waals surface area contributed by atoms with Gasteiger partial charge in [-0.05, 0) is 11.6 Å². The minimum absolute atomic E-state index is 0.189. The van der Waals surface area contributed by atoms with Crippen LogP contribution >= 0.6 is 0 Å². The number of aliphatic hydroxyl groups is 2. The van der Waals surface area contributed by atoms with Crippen LogP contribution in [0.3, 0.4) is 0 Å². The third-order valence-electron chi connectivity index (χ3n) is 5.59. The fraction of sp³-hybridized carbons (Fsp3) is 0.333. The Morgan fingerprint density at radius 2 is 2.09 bits per heavy atom. The van der Waals surface area contributed by atoms with Gasteiger partial charge in [0.1, 0.15) is 37.0 Å². The van der Waals surface area contributed by atoms with Gasteiger partial charge < -0.3 is 30.4 Å². The van der Waals surface area contributed by atoms with E-state index in [0.717, 1.165) is 28.7 Å². The Kier molecular flexibility index (Phi) is 5.88. The Morgan fingerprint density at radius 3 is 2.82 bits per heavy atom. The predicted molar refractivity (Wildman–Crippen MR) is 113 cm³/mol. The maximum atomic E-state index is 12.4. The highest BCUT2D eigenvalue weighted by Gasteiger charge is 2.57. The first-order valence-electron chi connectivity index (χ1n) is 10.0. The third kappa shape index (κ3) is 3.94. The number of esters is 1. The topological polar surface area (TPSA) is 196 Å². The molecule has 3 heterocycles. The largest absolute Gasteiger partial charge is 0.462 e. The van der Waals surface area contributed by atoms with E-state index in [1.807, 2.05) is 29.2 Å². The van der Waals surface area contributed by atoms with E-state index in [0.29, 0.717) is 4.57 Å². The number of hydrogen-bond acceptors (Lipinski definition) is 9. The maximum Gasteiger partial charge on any atom is 0.331 e. The summed E-state index contributed by atoms with van der Waals surface area (Å²) < 4.78 is 11.3. The van der Waals surface area contributed by atoms with Crippen LogP contribution < -0.4 is 17.0 Å². The van der Waals surface area contributed by atoms with Crippen LogP contribution in [-0.4, -0.2) is 61.7 Å². The van der Waals surface area contributed by atoms with Crippen LogP contribution in [0.4, 0.5) is 0 Å². The van der Waals surface area contributed by atoms with Crippen LogP contribution in [0.2, 0.25) is 0 Å². The van der Waals surface area contributed by atoms with Crippen LogP contribution in [0.1, 0.15) is 5.56 Å². The molecule has 172 valence electrons. The Labute approximate surface area is 185 Å². The van der Waals surface area contributed by atoms with Gasteiger partial charge in [0.25, 0.3) is 11.3 Å². The summed E-state index contributed by atoms with van der Waals surface area (Å²) in [5.41, 5.74) is 3.63. The van der Waals surface area contributed by atoms with Crippen LogP contribution in [0.25, 0.3) is 10.9 Å². The van der Waals surface area contributed by atoms with Crippen molar-refractivity contribution in [3.05, 3.63) is 69.1 Å². The monoisotopic (exact) mass is 455 g/mol. The second-order valence-corrected chi connectivity index (χ2v) is 7.68. The molecular weight excluding hydrogens is 434 g/mol. The van der Waals surface area contributed by atoms with Gasteiger partial charge in [-0.25, -0.2) is 4.79 Å². The number of aromatic nitrogens is 3. The SMILES string of the molecule is N#C[C@@]1(n2ccc(=O)[nH]c2=O)O[C@H](COC(=O)[C@@H](N)Cc2c[nH]c3ccccc23)C(O)C1O. The number of rotatable bonds is 6. The van der Waals surface area contributed by atoms with Crippen molar-refractivity contribution in [3.8, 4) is 6.07 Å². The zero-order valence-corrected chi connectivity index (χ0v) is 17.2. The fourth-order valence-corrected chi connectivity index (χ4v) is 3.85. The van der Waals surface area contributed by atoms with Crippen LogP contribution in [0, 0.1) is 11.3 Å². The number of ether oxygens (including phenoxy) is 2. The van der Waals surface area contributed by atoms with E-state index in [9.17, 15) is 29.9 Å². The summed E-state index contributed by atoms with van der Waals surface area (Å²) >= 11 is 0. The molecule has 2 unspecified atom stereocenters. The lowest BCUT2D eigenvalue weighted by Crippen LogP contribution is -2.50. The highest BCUT2D eigenvalue weighted by molar-refractivity contribution is 5.84. The van der Waals surface area contributed by atoms with Gasteiger partial charge in [0.2, 0.25) is 0 Å². The molecule has 1 aromatic carbocycles. The molecule has 3 aromatic rings. The molecule has 1 saturated heterocycles. The van der Waals surface area contributed by atoms with Gasteiger partial charge in [-0.15, -0.1) is 0 Å². The lowest BCUT2D eigenvalue weighted by atomic mass is 10.0. The fourth-order valence-electron chi connectivity index (χ4n) is 3.85. The highest BCUT2D eigenvalue weighted by Crippen LogP contribution is 2.34. The zero-order valence-electron chi connectivity index (χ0n) is 17.2. The standard InChI is InChI=1S/C21H21N5O7/c22-10-21(26-6-5-16(27)25-20(26)31)18(29)17(28)15(33-21)9-32-19(30)13(23)7-11-8-24-14-4-2-1-3-12(11)14/h1-6,8,13,15,17-18,24,28-29H,7,9,23H2,(H,25,27,31)/t13-,15+,17?,18?,21+/m0/s1. The van der Waals surface area contributed by atoms with Crippen LogP contribution in [-0.2, 0) is 26.4 Å². The number of fused-ring (bicyclic) bond motifs is 1. The number of carbonyl (C=O) groups excluding carboxylic acids is 1. The second-order valence-electron chi connectivity index (χ2n) is 7.68.